The van der Waals surface area contributed by atoms with Gasteiger partial charge in [0.05, 0.1) is 6.61 Å². The number of urea groups is 1. The highest BCUT2D eigenvalue weighted by atomic mass is 79.9. The first-order chi connectivity index (χ1) is 9.97. The van der Waals surface area contributed by atoms with Crippen LogP contribution in [0.15, 0.2) is 28.7 Å². The zero-order valence-electron chi connectivity index (χ0n) is 11.1. The summed E-state index contributed by atoms with van der Waals surface area (Å²) in [7, 11) is 0. The van der Waals surface area contributed by atoms with Crippen LogP contribution in [0, 0.1) is 0 Å². The van der Waals surface area contributed by atoms with Crippen LogP contribution in [0.2, 0.25) is 0 Å². The van der Waals surface area contributed by atoms with Crippen molar-refractivity contribution in [3.8, 4) is 5.75 Å². The molecule has 114 valence electrons. The molecule has 0 unspecified atom stereocenters. The zero-order valence-corrected chi connectivity index (χ0v) is 12.7. The Bertz CT molecular complexity index is 521. The molecule has 3 N–H and O–H groups in total. The summed E-state index contributed by atoms with van der Waals surface area (Å²) in [6.45, 7) is -0.187. The molecule has 0 heterocycles. The van der Waals surface area contributed by atoms with Gasteiger partial charge in [-0.2, -0.15) is 0 Å². The van der Waals surface area contributed by atoms with Crippen LogP contribution in [0.4, 0.5) is 4.79 Å². The molecule has 7 nitrogen and oxygen atoms in total. The Kier molecular flexibility index (Phi) is 7.24. The Balaban J connectivity index is 2.13. The first-order valence-electron chi connectivity index (χ1n) is 6.10. The molecule has 0 fully saturated rings. The van der Waals surface area contributed by atoms with Crippen LogP contribution < -0.4 is 15.8 Å². The molecule has 0 aliphatic rings. The molecule has 0 spiro atoms. The lowest BCUT2D eigenvalue weighted by Gasteiger charge is -2.07. The number of imide groups is 1. The van der Waals surface area contributed by atoms with Gasteiger partial charge in [0.1, 0.15) is 5.75 Å². The molecule has 8 heteroatoms. The maximum Gasteiger partial charge on any atom is 0.318 e. The van der Waals surface area contributed by atoms with E-state index in [-0.39, 0.29) is 6.42 Å². The summed E-state index contributed by atoms with van der Waals surface area (Å²) >= 11 is 3.32. The lowest BCUT2D eigenvalue weighted by molar-refractivity contribution is -0.148. The van der Waals surface area contributed by atoms with E-state index in [2.05, 4.69) is 20.7 Å². The smallest absolute Gasteiger partial charge is 0.318 e. The maximum absolute atomic E-state index is 11.3. The van der Waals surface area contributed by atoms with E-state index in [4.69, 9.17) is 10.5 Å². The van der Waals surface area contributed by atoms with Gasteiger partial charge in [-0.05, 0) is 24.6 Å². The van der Waals surface area contributed by atoms with Crippen LogP contribution in [0.5, 0.6) is 5.75 Å². The van der Waals surface area contributed by atoms with Gasteiger partial charge in [-0.25, -0.2) is 4.79 Å². The molecular weight excluding hydrogens is 344 g/mol. The predicted octanol–water partition coefficient (Wildman–Crippen LogP) is 1.35. The second-order valence-corrected chi connectivity index (χ2v) is 4.90. The maximum atomic E-state index is 11.3. The normalized spacial score (nSPS) is 9.76. The van der Waals surface area contributed by atoms with Gasteiger partial charge in [-0.1, -0.05) is 22.0 Å². The Morgan fingerprint density at radius 1 is 1.29 bits per heavy atom. The van der Waals surface area contributed by atoms with Crippen LogP contribution in [-0.2, 0) is 14.3 Å². The van der Waals surface area contributed by atoms with Gasteiger partial charge in [0.2, 0.25) is 0 Å². The van der Waals surface area contributed by atoms with Crippen molar-refractivity contribution in [1.82, 2.24) is 5.32 Å². The molecule has 3 amide bonds. The largest absolute Gasteiger partial charge is 0.494 e. The first-order valence-corrected chi connectivity index (χ1v) is 6.90. The standard InChI is InChI=1S/C13H15BrN2O5/c14-9-3-1-4-10(7-9)20-6-2-5-12(18)21-8-11(17)16-13(15)19/h1,3-4,7H,2,5-6,8H2,(H3,15,16,17,19). The number of benzene rings is 1. The third-order valence-electron chi connectivity index (χ3n) is 2.22. The third-order valence-corrected chi connectivity index (χ3v) is 2.71. The Morgan fingerprint density at radius 2 is 2.05 bits per heavy atom. The third kappa shape index (κ3) is 7.93. The number of ether oxygens (including phenoxy) is 2. The lowest BCUT2D eigenvalue weighted by Crippen LogP contribution is -2.37. The van der Waals surface area contributed by atoms with Crippen molar-refractivity contribution in [2.24, 2.45) is 5.73 Å². The molecule has 1 rings (SSSR count). The van der Waals surface area contributed by atoms with Crippen molar-refractivity contribution in [3.63, 3.8) is 0 Å². The fraction of sp³-hybridized carbons (Fsp3) is 0.308. The van der Waals surface area contributed by atoms with E-state index in [1.54, 1.807) is 11.4 Å². The minimum absolute atomic E-state index is 0.109. The van der Waals surface area contributed by atoms with Crippen LogP contribution in [0.25, 0.3) is 0 Å². The number of carbonyl (C=O) groups is 3. The van der Waals surface area contributed by atoms with Crippen molar-refractivity contribution < 1.29 is 23.9 Å². The molecule has 0 saturated carbocycles. The van der Waals surface area contributed by atoms with Crippen molar-refractivity contribution in [1.29, 1.82) is 0 Å². The van der Waals surface area contributed by atoms with E-state index in [9.17, 15) is 14.4 Å². The molecule has 0 radical (unpaired) electrons. The summed E-state index contributed by atoms with van der Waals surface area (Å²) in [6.07, 6.45) is 0.556. The molecule has 0 aliphatic heterocycles. The number of amides is 3. The lowest BCUT2D eigenvalue weighted by atomic mass is 10.3. The molecule has 0 aliphatic carbocycles. The zero-order chi connectivity index (χ0) is 15.7. The van der Waals surface area contributed by atoms with Gasteiger partial charge >= 0.3 is 12.0 Å². The molecular formula is C13H15BrN2O5. The number of hydrogen-bond donors (Lipinski definition) is 2. The average molecular weight is 359 g/mol. The van der Waals surface area contributed by atoms with E-state index < -0.39 is 24.5 Å². The molecule has 0 bridgehead atoms. The van der Waals surface area contributed by atoms with Gasteiger partial charge < -0.3 is 15.2 Å². The fourth-order valence-corrected chi connectivity index (χ4v) is 1.73. The minimum Gasteiger partial charge on any atom is -0.494 e. The summed E-state index contributed by atoms with van der Waals surface area (Å²) in [5, 5.41) is 1.79. The molecule has 21 heavy (non-hydrogen) atoms. The minimum atomic E-state index is -0.988. The monoisotopic (exact) mass is 358 g/mol. The highest BCUT2D eigenvalue weighted by Crippen LogP contribution is 2.17. The summed E-state index contributed by atoms with van der Waals surface area (Å²) in [4.78, 5) is 32.7. The van der Waals surface area contributed by atoms with E-state index in [1.165, 1.54) is 0 Å². The molecule has 0 aromatic heterocycles. The Hall–Kier alpha value is -2.09. The van der Waals surface area contributed by atoms with E-state index in [0.717, 1.165) is 4.47 Å². The highest BCUT2D eigenvalue weighted by molar-refractivity contribution is 9.10. The van der Waals surface area contributed by atoms with E-state index in [1.807, 2.05) is 18.2 Å². The number of rotatable bonds is 7. The van der Waals surface area contributed by atoms with Crippen LogP contribution in [0.3, 0.4) is 0 Å². The van der Waals surface area contributed by atoms with Gasteiger partial charge in [-0.3, -0.25) is 14.9 Å². The van der Waals surface area contributed by atoms with Crippen LogP contribution >= 0.6 is 15.9 Å². The number of esters is 1. The molecule has 1 aromatic rings. The number of carbonyl (C=O) groups excluding carboxylic acids is 3. The molecule has 0 saturated heterocycles. The highest BCUT2D eigenvalue weighted by Gasteiger charge is 2.08. The van der Waals surface area contributed by atoms with E-state index >= 15 is 0 Å². The number of hydrogen-bond acceptors (Lipinski definition) is 5. The number of halogens is 1. The average Bonchev–Trinajstić information content (AvgIpc) is 2.41. The van der Waals surface area contributed by atoms with Gasteiger partial charge in [0.25, 0.3) is 5.91 Å². The number of primary amides is 1. The topological polar surface area (TPSA) is 108 Å². The molecule has 0 atom stereocenters. The van der Waals surface area contributed by atoms with Crippen LogP contribution in [-0.4, -0.2) is 31.1 Å². The van der Waals surface area contributed by atoms with Crippen molar-refractivity contribution in [2.75, 3.05) is 13.2 Å². The van der Waals surface area contributed by atoms with Gasteiger partial charge in [0.15, 0.2) is 6.61 Å². The quantitative estimate of drug-likeness (QED) is 0.564. The van der Waals surface area contributed by atoms with Gasteiger partial charge in [-0.15, -0.1) is 0 Å². The first kappa shape index (κ1) is 17.0. The van der Waals surface area contributed by atoms with Crippen molar-refractivity contribution >= 4 is 33.8 Å². The SMILES string of the molecule is NC(=O)NC(=O)COC(=O)CCCOc1cccc(Br)c1. The summed E-state index contributed by atoms with van der Waals surface area (Å²) < 4.78 is 11.0. The second kappa shape index (κ2) is 8.96. The molecule has 1 aromatic carbocycles. The summed E-state index contributed by atoms with van der Waals surface area (Å²) in [5.74, 6) is -0.618. The predicted molar refractivity (Wildman–Crippen MR) is 77.6 cm³/mol. The Morgan fingerprint density at radius 3 is 2.71 bits per heavy atom. The fourth-order valence-electron chi connectivity index (χ4n) is 1.36. The van der Waals surface area contributed by atoms with Crippen molar-refractivity contribution in [2.45, 2.75) is 12.8 Å². The second-order valence-electron chi connectivity index (χ2n) is 3.98. The van der Waals surface area contributed by atoms with Crippen molar-refractivity contribution in [3.05, 3.63) is 28.7 Å². The number of nitrogens with one attached hydrogen (secondary N) is 1. The van der Waals surface area contributed by atoms with Crippen LogP contribution in [0.1, 0.15) is 12.8 Å². The summed E-state index contributed by atoms with van der Waals surface area (Å²) in [6, 6.07) is 6.34. The van der Waals surface area contributed by atoms with E-state index in [0.29, 0.717) is 18.8 Å². The van der Waals surface area contributed by atoms with Gasteiger partial charge in [0, 0.05) is 10.9 Å². The Labute approximate surface area is 129 Å². The summed E-state index contributed by atoms with van der Waals surface area (Å²) in [5.41, 5.74) is 4.73. The number of nitrogens with two attached hydrogens (primary N) is 1.